The quantitative estimate of drug-likeness (QED) is 0.740. The fraction of sp³-hybridized carbons (Fsp3) is 0.250. The van der Waals surface area contributed by atoms with E-state index in [9.17, 15) is 4.39 Å². The Balaban J connectivity index is 3.00. The molecule has 2 nitrogen and oxygen atoms in total. The molecule has 12 heavy (non-hydrogen) atoms. The highest BCUT2D eigenvalue weighted by molar-refractivity contribution is 6.30. The predicted molar refractivity (Wildman–Crippen MR) is 45.4 cm³/mol. The zero-order valence-corrected chi connectivity index (χ0v) is 7.05. The summed E-state index contributed by atoms with van der Waals surface area (Å²) in [6.07, 6.45) is 0. The second-order valence-electron chi connectivity index (χ2n) is 2.49. The molecular weight excluding hydrogens is 181 g/mol. The molecular formula is C8H9ClFNO. The molecule has 0 aliphatic rings. The number of halogens is 2. The van der Waals surface area contributed by atoms with Gasteiger partial charge >= 0.3 is 0 Å². The molecule has 0 radical (unpaired) electrons. The number of rotatable bonds is 2. The van der Waals surface area contributed by atoms with Gasteiger partial charge in [-0.2, -0.15) is 0 Å². The van der Waals surface area contributed by atoms with Gasteiger partial charge in [-0.15, -0.1) is 0 Å². The van der Waals surface area contributed by atoms with E-state index in [1.165, 1.54) is 18.2 Å². The van der Waals surface area contributed by atoms with Gasteiger partial charge in [0.2, 0.25) is 0 Å². The molecule has 0 spiro atoms. The summed E-state index contributed by atoms with van der Waals surface area (Å²) < 4.78 is 12.7. The molecule has 1 aromatic rings. The first-order valence-electron chi connectivity index (χ1n) is 3.46. The molecule has 0 aromatic heterocycles. The molecule has 0 heterocycles. The number of hydrogen-bond donors (Lipinski definition) is 2. The smallest absolute Gasteiger partial charge is 0.125 e. The van der Waals surface area contributed by atoms with E-state index < -0.39 is 11.9 Å². The lowest BCUT2D eigenvalue weighted by molar-refractivity contribution is 0.268. The molecule has 0 aliphatic carbocycles. The van der Waals surface area contributed by atoms with Crippen molar-refractivity contribution in [3.63, 3.8) is 0 Å². The lowest BCUT2D eigenvalue weighted by atomic mass is 10.1. The molecule has 66 valence electrons. The summed E-state index contributed by atoms with van der Waals surface area (Å²) in [5, 5.41) is 8.97. The second-order valence-corrected chi connectivity index (χ2v) is 2.93. The van der Waals surface area contributed by atoms with E-state index in [4.69, 9.17) is 22.4 Å². The van der Waals surface area contributed by atoms with Gasteiger partial charge in [0.25, 0.3) is 0 Å². The fourth-order valence-electron chi connectivity index (χ4n) is 0.895. The Morgan fingerprint density at radius 3 is 2.67 bits per heavy atom. The van der Waals surface area contributed by atoms with Gasteiger partial charge in [-0.1, -0.05) is 11.6 Å². The third-order valence-electron chi connectivity index (χ3n) is 1.51. The van der Waals surface area contributed by atoms with Gasteiger partial charge < -0.3 is 10.8 Å². The lowest BCUT2D eigenvalue weighted by Gasteiger charge is -2.08. The minimum Gasteiger partial charge on any atom is -0.394 e. The van der Waals surface area contributed by atoms with Crippen LogP contribution >= 0.6 is 11.6 Å². The average molecular weight is 190 g/mol. The normalized spacial score (nSPS) is 13.0. The van der Waals surface area contributed by atoms with Gasteiger partial charge in [-0.3, -0.25) is 0 Å². The van der Waals surface area contributed by atoms with E-state index in [1.807, 2.05) is 0 Å². The van der Waals surface area contributed by atoms with E-state index in [-0.39, 0.29) is 11.6 Å². The molecule has 3 N–H and O–H groups in total. The molecule has 0 aliphatic heterocycles. The summed E-state index contributed by atoms with van der Waals surface area (Å²) in [6.45, 7) is -0.222. The number of aliphatic hydroxyl groups excluding tert-OH is 1. The number of benzene rings is 1. The topological polar surface area (TPSA) is 46.2 Å². The third-order valence-corrected chi connectivity index (χ3v) is 1.73. The van der Waals surface area contributed by atoms with Crippen LogP contribution in [-0.2, 0) is 0 Å². The monoisotopic (exact) mass is 189 g/mol. The molecule has 0 bridgehead atoms. The predicted octanol–water partition coefficient (Wildman–Crippen LogP) is 1.47. The maximum atomic E-state index is 12.7. The Labute approximate surface area is 74.8 Å². The van der Waals surface area contributed by atoms with Crippen LogP contribution in [0.3, 0.4) is 0 Å². The van der Waals surface area contributed by atoms with Crippen molar-refractivity contribution < 1.29 is 9.50 Å². The van der Waals surface area contributed by atoms with Gasteiger partial charge in [0.15, 0.2) is 0 Å². The minimum absolute atomic E-state index is 0.222. The molecule has 0 saturated heterocycles. The number of hydrogen-bond acceptors (Lipinski definition) is 2. The largest absolute Gasteiger partial charge is 0.394 e. The zero-order valence-electron chi connectivity index (χ0n) is 6.30. The highest BCUT2D eigenvalue weighted by Crippen LogP contribution is 2.18. The van der Waals surface area contributed by atoms with E-state index in [0.29, 0.717) is 5.56 Å². The second kappa shape index (κ2) is 3.85. The van der Waals surface area contributed by atoms with Crippen LogP contribution in [0.1, 0.15) is 11.6 Å². The standard InChI is InChI=1S/C8H9ClFNO/c9-6-1-5(8(11)4-12)2-7(10)3-6/h1-3,8,12H,4,11H2. The molecule has 0 fully saturated rings. The van der Waals surface area contributed by atoms with Crippen molar-refractivity contribution in [2.45, 2.75) is 6.04 Å². The molecule has 1 aromatic carbocycles. The fourth-order valence-corrected chi connectivity index (χ4v) is 1.12. The van der Waals surface area contributed by atoms with Crippen molar-refractivity contribution in [1.82, 2.24) is 0 Å². The van der Waals surface area contributed by atoms with Crippen molar-refractivity contribution in [3.8, 4) is 0 Å². The van der Waals surface area contributed by atoms with E-state index in [2.05, 4.69) is 0 Å². The number of nitrogens with two attached hydrogens (primary N) is 1. The molecule has 1 atom stereocenters. The van der Waals surface area contributed by atoms with Crippen LogP contribution in [0.2, 0.25) is 5.02 Å². The molecule has 4 heteroatoms. The summed E-state index contributed by atoms with van der Waals surface area (Å²) in [4.78, 5) is 0. The van der Waals surface area contributed by atoms with Crippen molar-refractivity contribution in [2.24, 2.45) is 5.73 Å². The Hall–Kier alpha value is -0.640. The van der Waals surface area contributed by atoms with Crippen LogP contribution < -0.4 is 5.73 Å². The average Bonchev–Trinajstić information content (AvgIpc) is 2.01. The first-order valence-corrected chi connectivity index (χ1v) is 3.83. The van der Waals surface area contributed by atoms with Crippen LogP contribution in [0, 0.1) is 5.82 Å². The van der Waals surface area contributed by atoms with Gasteiger partial charge in [0, 0.05) is 5.02 Å². The summed E-state index contributed by atoms with van der Waals surface area (Å²) >= 11 is 5.57. The van der Waals surface area contributed by atoms with Crippen LogP contribution in [0.15, 0.2) is 18.2 Å². The van der Waals surface area contributed by atoms with E-state index in [0.717, 1.165) is 0 Å². The highest BCUT2D eigenvalue weighted by atomic mass is 35.5. The summed E-state index contributed by atoms with van der Waals surface area (Å²) in [6, 6.07) is 3.41. The Morgan fingerprint density at radius 1 is 1.50 bits per heavy atom. The Kier molecular flexibility index (Phi) is 3.03. The van der Waals surface area contributed by atoms with E-state index >= 15 is 0 Å². The molecule has 1 unspecified atom stereocenters. The van der Waals surface area contributed by atoms with Crippen molar-refractivity contribution in [1.29, 1.82) is 0 Å². The van der Waals surface area contributed by atoms with Crippen molar-refractivity contribution in [2.75, 3.05) is 6.61 Å². The third kappa shape index (κ3) is 2.17. The van der Waals surface area contributed by atoms with Gasteiger partial charge in [-0.05, 0) is 23.8 Å². The van der Waals surface area contributed by atoms with Crippen LogP contribution in [0.25, 0.3) is 0 Å². The maximum absolute atomic E-state index is 12.7. The SMILES string of the molecule is NC(CO)c1cc(F)cc(Cl)c1. The van der Waals surface area contributed by atoms with Crippen molar-refractivity contribution in [3.05, 3.63) is 34.6 Å². The Morgan fingerprint density at radius 2 is 2.17 bits per heavy atom. The van der Waals surface area contributed by atoms with Gasteiger partial charge in [0.1, 0.15) is 5.82 Å². The Bertz CT molecular complexity index is 260. The molecule has 0 saturated carbocycles. The van der Waals surface area contributed by atoms with Crippen LogP contribution in [-0.4, -0.2) is 11.7 Å². The van der Waals surface area contributed by atoms with Gasteiger partial charge in [-0.25, -0.2) is 4.39 Å². The summed E-state index contributed by atoms with van der Waals surface area (Å²) in [7, 11) is 0. The first-order chi connectivity index (χ1) is 5.63. The molecule has 1 rings (SSSR count). The number of aliphatic hydroxyl groups is 1. The first kappa shape index (κ1) is 9.45. The highest BCUT2D eigenvalue weighted by Gasteiger charge is 2.06. The van der Waals surface area contributed by atoms with Crippen LogP contribution in [0.4, 0.5) is 4.39 Å². The minimum atomic E-state index is -0.571. The van der Waals surface area contributed by atoms with E-state index in [1.54, 1.807) is 0 Å². The van der Waals surface area contributed by atoms with Crippen LogP contribution in [0.5, 0.6) is 0 Å². The summed E-state index contributed by atoms with van der Waals surface area (Å²) in [5.41, 5.74) is 5.96. The summed E-state index contributed by atoms with van der Waals surface area (Å²) in [5.74, 6) is -0.443. The maximum Gasteiger partial charge on any atom is 0.125 e. The lowest BCUT2D eigenvalue weighted by Crippen LogP contribution is -2.14. The van der Waals surface area contributed by atoms with Crippen molar-refractivity contribution >= 4 is 11.6 Å². The van der Waals surface area contributed by atoms with Gasteiger partial charge in [0.05, 0.1) is 12.6 Å². The zero-order chi connectivity index (χ0) is 9.14. The molecule has 0 amide bonds.